The fraction of sp³-hybridized carbons (Fsp3) is 0.455. The molecule has 0 saturated heterocycles. The van der Waals surface area contributed by atoms with Crippen LogP contribution in [0.3, 0.4) is 0 Å². The fourth-order valence-electron chi connectivity index (χ4n) is 1.54. The average Bonchev–Trinajstić information content (AvgIpc) is 2.26. The quantitative estimate of drug-likeness (QED) is 0.349. The molecule has 0 fully saturated rings. The highest BCUT2D eigenvalue weighted by atomic mass is 35.7. The molecule has 0 saturated carbocycles. The van der Waals surface area contributed by atoms with Crippen LogP contribution in [0.4, 0.5) is 5.69 Å². The van der Waals surface area contributed by atoms with Crippen molar-refractivity contribution in [1.29, 1.82) is 0 Å². The highest BCUT2D eigenvalue weighted by Gasteiger charge is 2.14. The van der Waals surface area contributed by atoms with E-state index in [1.54, 1.807) is 19.9 Å². The second-order valence-corrected chi connectivity index (χ2v) is 7.00. The van der Waals surface area contributed by atoms with Crippen molar-refractivity contribution in [3.05, 3.63) is 33.4 Å². The zero-order valence-electron chi connectivity index (χ0n) is 10.6. The lowest BCUT2D eigenvalue weighted by Gasteiger charge is -2.09. The molecule has 106 valence electrons. The second-order valence-electron chi connectivity index (χ2n) is 4.11. The summed E-state index contributed by atoms with van der Waals surface area (Å²) in [5, 5.41) is 10.7. The summed E-state index contributed by atoms with van der Waals surface area (Å²) < 4.78 is 26.8. The van der Waals surface area contributed by atoms with Crippen molar-refractivity contribution < 1.29 is 18.1 Å². The molecule has 0 aliphatic heterocycles. The van der Waals surface area contributed by atoms with E-state index in [4.69, 9.17) is 15.4 Å². The van der Waals surface area contributed by atoms with Crippen molar-refractivity contribution in [2.45, 2.75) is 20.3 Å². The van der Waals surface area contributed by atoms with Crippen LogP contribution < -0.4 is 4.74 Å². The topological polar surface area (TPSA) is 86.5 Å². The predicted octanol–water partition coefficient (Wildman–Crippen LogP) is 2.55. The van der Waals surface area contributed by atoms with Crippen molar-refractivity contribution in [1.82, 2.24) is 0 Å². The highest BCUT2D eigenvalue weighted by molar-refractivity contribution is 8.13. The summed E-state index contributed by atoms with van der Waals surface area (Å²) in [6.07, 6.45) is 0.265. The Balaban J connectivity index is 2.70. The zero-order valence-corrected chi connectivity index (χ0v) is 12.1. The molecule has 19 heavy (non-hydrogen) atoms. The number of nitrogens with zero attached hydrogens (tertiary/aromatic N) is 1. The third-order valence-corrected chi connectivity index (χ3v) is 3.72. The van der Waals surface area contributed by atoms with Crippen LogP contribution in [0.5, 0.6) is 5.75 Å². The van der Waals surface area contributed by atoms with E-state index >= 15 is 0 Å². The number of benzene rings is 1. The number of nitro benzene ring substituents is 1. The maximum atomic E-state index is 10.7. The maximum Gasteiger partial charge on any atom is 0.272 e. The van der Waals surface area contributed by atoms with E-state index in [1.165, 1.54) is 6.07 Å². The van der Waals surface area contributed by atoms with Crippen LogP contribution in [-0.2, 0) is 9.05 Å². The first-order chi connectivity index (χ1) is 8.70. The van der Waals surface area contributed by atoms with Gasteiger partial charge in [-0.3, -0.25) is 10.1 Å². The van der Waals surface area contributed by atoms with Crippen molar-refractivity contribution in [3.63, 3.8) is 0 Å². The lowest BCUT2D eigenvalue weighted by atomic mass is 10.1. The van der Waals surface area contributed by atoms with Crippen LogP contribution in [-0.4, -0.2) is 25.7 Å². The van der Waals surface area contributed by atoms with Gasteiger partial charge in [-0.2, -0.15) is 0 Å². The largest absolute Gasteiger partial charge is 0.493 e. The molecule has 0 aromatic heterocycles. The monoisotopic (exact) mass is 307 g/mol. The molecule has 6 nitrogen and oxygen atoms in total. The summed E-state index contributed by atoms with van der Waals surface area (Å²) >= 11 is 0. The molecule has 0 spiro atoms. The molecule has 0 unspecified atom stereocenters. The van der Waals surface area contributed by atoms with Crippen LogP contribution in [0, 0.1) is 24.0 Å². The van der Waals surface area contributed by atoms with Gasteiger partial charge in [-0.05, 0) is 31.9 Å². The van der Waals surface area contributed by atoms with E-state index in [9.17, 15) is 18.5 Å². The summed E-state index contributed by atoms with van der Waals surface area (Å²) in [6, 6.07) is 3.01. The molecule has 1 rings (SSSR count). The van der Waals surface area contributed by atoms with Crippen LogP contribution in [0.1, 0.15) is 17.5 Å². The third kappa shape index (κ3) is 5.04. The van der Waals surface area contributed by atoms with E-state index in [0.717, 1.165) is 0 Å². The first-order valence-corrected chi connectivity index (χ1v) is 7.99. The highest BCUT2D eigenvalue weighted by Crippen LogP contribution is 2.27. The lowest BCUT2D eigenvalue weighted by Crippen LogP contribution is -2.06. The molecular weight excluding hydrogens is 294 g/mol. The number of ether oxygens (including phenoxy) is 1. The Morgan fingerprint density at radius 3 is 2.47 bits per heavy atom. The summed E-state index contributed by atoms with van der Waals surface area (Å²) in [5.41, 5.74) is 1.16. The Morgan fingerprint density at radius 2 is 1.95 bits per heavy atom. The van der Waals surface area contributed by atoms with Gasteiger partial charge in [0.25, 0.3) is 5.69 Å². The van der Waals surface area contributed by atoms with E-state index in [1.807, 2.05) is 0 Å². The van der Waals surface area contributed by atoms with Crippen molar-refractivity contribution in [3.8, 4) is 5.75 Å². The molecular formula is C11H14ClNO5S. The first kappa shape index (κ1) is 15.7. The molecule has 0 aliphatic rings. The number of aryl methyl sites for hydroxylation is 2. The van der Waals surface area contributed by atoms with Gasteiger partial charge in [0.2, 0.25) is 9.05 Å². The van der Waals surface area contributed by atoms with Crippen LogP contribution in [0.25, 0.3) is 0 Å². The molecule has 1 aromatic carbocycles. The van der Waals surface area contributed by atoms with Gasteiger partial charge in [-0.25, -0.2) is 8.42 Å². The van der Waals surface area contributed by atoms with Gasteiger partial charge < -0.3 is 4.74 Å². The van der Waals surface area contributed by atoms with Gasteiger partial charge >= 0.3 is 0 Å². The minimum Gasteiger partial charge on any atom is -0.493 e. The summed E-state index contributed by atoms with van der Waals surface area (Å²) in [4.78, 5) is 10.3. The van der Waals surface area contributed by atoms with Gasteiger partial charge in [0.15, 0.2) is 0 Å². The van der Waals surface area contributed by atoms with Gasteiger partial charge in [0, 0.05) is 22.3 Å². The second kappa shape index (κ2) is 6.21. The molecule has 1 aromatic rings. The summed E-state index contributed by atoms with van der Waals surface area (Å²) in [7, 11) is 1.56. The minimum atomic E-state index is -3.51. The van der Waals surface area contributed by atoms with E-state index in [-0.39, 0.29) is 24.5 Å². The smallest absolute Gasteiger partial charge is 0.272 e. The van der Waals surface area contributed by atoms with Crippen molar-refractivity contribution >= 4 is 25.4 Å². The van der Waals surface area contributed by atoms with Crippen molar-refractivity contribution in [2.24, 2.45) is 0 Å². The molecule has 0 heterocycles. The van der Waals surface area contributed by atoms with Gasteiger partial charge in [-0.15, -0.1) is 0 Å². The predicted molar refractivity (Wildman–Crippen MR) is 72.3 cm³/mol. The number of rotatable bonds is 6. The Hall–Kier alpha value is -1.34. The number of halogens is 1. The fourth-order valence-corrected chi connectivity index (χ4v) is 2.33. The van der Waals surface area contributed by atoms with Gasteiger partial charge in [0.1, 0.15) is 5.75 Å². The SMILES string of the molecule is Cc1cc([N+](=O)[O-])c(C)cc1OCCCS(=O)(=O)Cl. The molecule has 0 bridgehead atoms. The maximum absolute atomic E-state index is 10.7. The van der Waals surface area contributed by atoms with E-state index < -0.39 is 14.0 Å². The number of hydrogen-bond donors (Lipinski definition) is 0. The Labute approximate surface area is 115 Å². The summed E-state index contributed by atoms with van der Waals surface area (Å²) in [5.74, 6) is 0.342. The Bertz CT molecular complexity index is 585. The zero-order chi connectivity index (χ0) is 14.6. The normalized spacial score (nSPS) is 11.3. The van der Waals surface area contributed by atoms with Crippen molar-refractivity contribution in [2.75, 3.05) is 12.4 Å². The Kier molecular flexibility index (Phi) is 5.13. The number of nitro groups is 1. The van der Waals surface area contributed by atoms with Crippen LogP contribution in [0.15, 0.2) is 12.1 Å². The number of hydrogen-bond acceptors (Lipinski definition) is 5. The van der Waals surface area contributed by atoms with Gasteiger partial charge in [-0.1, -0.05) is 0 Å². The van der Waals surface area contributed by atoms with Crippen LogP contribution >= 0.6 is 10.7 Å². The Morgan fingerprint density at radius 1 is 1.32 bits per heavy atom. The van der Waals surface area contributed by atoms with E-state index in [0.29, 0.717) is 16.9 Å². The minimum absolute atomic E-state index is 0.0354. The molecule has 0 amide bonds. The lowest BCUT2D eigenvalue weighted by molar-refractivity contribution is -0.385. The van der Waals surface area contributed by atoms with Crippen LogP contribution in [0.2, 0.25) is 0 Å². The van der Waals surface area contributed by atoms with E-state index in [2.05, 4.69) is 0 Å². The molecule has 0 atom stereocenters. The molecule has 8 heteroatoms. The average molecular weight is 308 g/mol. The first-order valence-electron chi connectivity index (χ1n) is 5.51. The molecule has 0 aliphatic carbocycles. The third-order valence-electron chi connectivity index (χ3n) is 2.48. The summed E-state index contributed by atoms with van der Waals surface area (Å²) in [6.45, 7) is 3.50. The molecule has 0 N–H and O–H groups in total. The molecule has 0 radical (unpaired) electrons. The van der Waals surface area contributed by atoms with Gasteiger partial charge in [0.05, 0.1) is 17.3 Å². The standard InChI is InChI=1S/C11H14ClNO5S/c1-8-7-11(9(2)6-10(8)13(14)15)18-4-3-5-19(12,16)17/h6-7H,3-5H2,1-2H3.